The maximum atomic E-state index is 12.4. The van der Waals surface area contributed by atoms with Gasteiger partial charge in [-0.2, -0.15) is 0 Å². The molecule has 1 aromatic carbocycles. The van der Waals surface area contributed by atoms with Gasteiger partial charge in [0.25, 0.3) is 5.91 Å². The molecule has 118 valence electrons. The molecule has 2 aliphatic rings. The Hall–Kier alpha value is -1.88. The first-order valence-electron chi connectivity index (χ1n) is 8.06. The van der Waals surface area contributed by atoms with E-state index >= 15 is 0 Å². The van der Waals surface area contributed by atoms with E-state index in [2.05, 4.69) is 22.9 Å². The topological polar surface area (TPSA) is 70.2 Å². The van der Waals surface area contributed by atoms with Gasteiger partial charge in [0.05, 0.1) is 0 Å². The molecule has 1 aromatic rings. The minimum Gasteiger partial charge on any atom is -0.348 e. The predicted octanol–water partition coefficient (Wildman–Crippen LogP) is 1.76. The van der Waals surface area contributed by atoms with Gasteiger partial charge in [-0.05, 0) is 49.9 Å². The molecule has 5 nitrogen and oxygen atoms in total. The van der Waals surface area contributed by atoms with E-state index in [9.17, 15) is 9.59 Å². The number of anilines is 1. The van der Waals surface area contributed by atoms with Crippen LogP contribution in [0.2, 0.25) is 0 Å². The zero-order valence-corrected chi connectivity index (χ0v) is 12.9. The molecular weight excluding hydrogens is 278 g/mol. The molecule has 0 aromatic heterocycles. The summed E-state index contributed by atoms with van der Waals surface area (Å²) < 4.78 is 0. The van der Waals surface area contributed by atoms with E-state index in [0.717, 1.165) is 32.4 Å². The van der Waals surface area contributed by atoms with Crippen LogP contribution in [0.1, 0.15) is 36.5 Å². The highest BCUT2D eigenvalue weighted by Gasteiger charge is 2.29. The van der Waals surface area contributed by atoms with Crippen LogP contribution in [0, 0.1) is 11.8 Å². The third-order valence-corrected chi connectivity index (χ3v) is 4.48. The number of hydrogen-bond donors (Lipinski definition) is 3. The molecule has 3 rings (SSSR count). The lowest BCUT2D eigenvalue weighted by atomic mass is 9.94. The molecule has 0 bridgehead atoms. The minimum absolute atomic E-state index is 0.0580. The molecule has 0 radical (unpaired) electrons. The fraction of sp³-hybridized carbons (Fsp3) is 0.529. The number of carbonyl (C=O) groups is 2. The molecule has 2 atom stereocenters. The van der Waals surface area contributed by atoms with Crippen LogP contribution in [-0.2, 0) is 4.79 Å². The molecule has 5 heteroatoms. The van der Waals surface area contributed by atoms with Crippen molar-refractivity contribution in [3.05, 3.63) is 29.8 Å². The van der Waals surface area contributed by atoms with Crippen LogP contribution in [0.15, 0.2) is 24.3 Å². The van der Waals surface area contributed by atoms with Crippen molar-refractivity contribution in [1.29, 1.82) is 0 Å². The molecule has 0 spiro atoms. The number of benzene rings is 1. The fourth-order valence-electron chi connectivity index (χ4n) is 2.76. The van der Waals surface area contributed by atoms with Crippen LogP contribution < -0.4 is 16.0 Å². The Bertz CT molecular complexity index is 569. The van der Waals surface area contributed by atoms with Gasteiger partial charge in [0.1, 0.15) is 0 Å². The number of carbonyl (C=O) groups excluding carboxylic acids is 2. The van der Waals surface area contributed by atoms with Crippen molar-refractivity contribution in [2.24, 2.45) is 11.8 Å². The van der Waals surface area contributed by atoms with Crippen molar-refractivity contribution in [2.75, 3.05) is 18.4 Å². The fourth-order valence-corrected chi connectivity index (χ4v) is 2.76. The second-order valence-electron chi connectivity index (χ2n) is 6.39. The molecule has 2 unspecified atom stereocenters. The number of piperidine rings is 1. The number of nitrogens with one attached hydrogen (secondary N) is 3. The first kappa shape index (κ1) is 15.0. The molecule has 3 N–H and O–H groups in total. The van der Waals surface area contributed by atoms with Crippen molar-refractivity contribution in [2.45, 2.75) is 32.2 Å². The van der Waals surface area contributed by atoms with Crippen LogP contribution in [0.25, 0.3) is 0 Å². The Balaban J connectivity index is 1.63. The van der Waals surface area contributed by atoms with Gasteiger partial charge in [-0.25, -0.2) is 0 Å². The highest BCUT2D eigenvalue weighted by atomic mass is 16.2. The van der Waals surface area contributed by atoms with Crippen molar-refractivity contribution >= 4 is 17.5 Å². The summed E-state index contributed by atoms with van der Waals surface area (Å²) in [7, 11) is 0. The van der Waals surface area contributed by atoms with Crippen molar-refractivity contribution in [3.8, 4) is 0 Å². The van der Waals surface area contributed by atoms with E-state index in [0.29, 0.717) is 17.2 Å². The van der Waals surface area contributed by atoms with Gasteiger partial charge >= 0.3 is 0 Å². The second-order valence-corrected chi connectivity index (χ2v) is 6.39. The molecule has 1 saturated heterocycles. The van der Waals surface area contributed by atoms with E-state index in [1.165, 1.54) is 0 Å². The second kappa shape index (κ2) is 6.48. The standard InChI is InChI=1S/C17H23N3O2/c1-11-7-8-18-10-15(11)20-17(22)13-3-2-4-14(9-13)19-16(21)12-5-6-12/h2-4,9,11-12,15,18H,5-8,10H2,1H3,(H,19,21)(H,20,22). The summed E-state index contributed by atoms with van der Waals surface area (Å²) in [5.41, 5.74) is 1.28. The number of amides is 2. The first-order valence-corrected chi connectivity index (χ1v) is 8.06. The smallest absolute Gasteiger partial charge is 0.251 e. The summed E-state index contributed by atoms with van der Waals surface area (Å²) in [6.07, 6.45) is 3.01. The minimum atomic E-state index is -0.0805. The van der Waals surface area contributed by atoms with Gasteiger partial charge in [0, 0.05) is 29.8 Å². The third-order valence-electron chi connectivity index (χ3n) is 4.48. The summed E-state index contributed by atoms with van der Waals surface area (Å²) in [4.78, 5) is 24.2. The lowest BCUT2D eigenvalue weighted by molar-refractivity contribution is -0.117. The molecule has 1 aliphatic heterocycles. The number of hydrogen-bond acceptors (Lipinski definition) is 3. The van der Waals surface area contributed by atoms with Crippen LogP contribution in [0.3, 0.4) is 0 Å². The van der Waals surface area contributed by atoms with Gasteiger partial charge < -0.3 is 16.0 Å². The van der Waals surface area contributed by atoms with Gasteiger partial charge in [-0.15, -0.1) is 0 Å². The van der Waals surface area contributed by atoms with Crippen LogP contribution in [0.4, 0.5) is 5.69 Å². The summed E-state index contributed by atoms with van der Waals surface area (Å²) >= 11 is 0. The van der Waals surface area contributed by atoms with Crippen LogP contribution >= 0.6 is 0 Å². The molecule has 22 heavy (non-hydrogen) atoms. The van der Waals surface area contributed by atoms with E-state index < -0.39 is 0 Å². The predicted molar refractivity (Wildman–Crippen MR) is 85.7 cm³/mol. The summed E-state index contributed by atoms with van der Waals surface area (Å²) in [6.45, 7) is 3.99. The van der Waals surface area contributed by atoms with Gasteiger partial charge in [0.2, 0.25) is 5.91 Å². The lowest BCUT2D eigenvalue weighted by Gasteiger charge is -2.30. The maximum absolute atomic E-state index is 12.4. The highest BCUT2D eigenvalue weighted by molar-refractivity contribution is 5.98. The molecule has 1 aliphatic carbocycles. The van der Waals surface area contributed by atoms with E-state index in [1.54, 1.807) is 18.2 Å². The maximum Gasteiger partial charge on any atom is 0.251 e. The number of rotatable bonds is 4. The summed E-state index contributed by atoms with van der Waals surface area (Å²) in [5, 5.41) is 9.27. The Kier molecular flexibility index (Phi) is 4.43. The molecule has 2 fully saturated rings. The molecule has 1 saturated carbocycles. The Morgan fingerprint density at radius 2 is 2.05 bits per heavy atom. The van der Waals surface area contributed by atoms with Crippen molar-refractivity contribution in [3.63, 3.8) is 0 Å². The van der Waals surface area contributed by atoms with Crippen LogP contribution in [0.5, 0.6) is 0 Å². The van der Waals surface area contributed by atoms with Crippen molar-refractivity contribution in [1.82, 2.24) is 10.6 Å². The van der Waals surface area contributed by atoms with E-state index in [1.807, 2.05) is 6.07 Å². The molecular formula is C17H23N3O2. The zero-order valence-electron chi connectivity index (χ0n) is 12.9. The normalized spacial score (nSPS) is 24.6. The van der Waals surface area contributed by atoms with Crippen LogP contribution in [-0.4, -0.2) is 30.9 Å². The molecule has 1 heterocycles. The van der Waals surface area contributed by atoms with Gasteiger partial charge in [-0.1, -0.05) is 13.0 Å². The Labute approximate surface area is 130 Å². The third kappa shape index (κ3) is 3.65. The molecule has 2 amide bonds. The SMILES string of the molecule is CC1CCNCC1NC(=O)c1cccc(NC(=O)C2CC2)c1. The lowest BCUT2D eigenvalue weighted by Crippen LogP contribution is -2.50. The van der Waals surface area contributed by atoms with Crippen molar-refractivity contribution < 1.29 is 9.59 Å². The Morgan fingerprint density at radius 3 is 2.77 bits per heavy atom. The van der Waals surface area contributed by atoms with E-state index in [-0.39, 0.29) is 23.8 Å². The highest BCUT2D eigenvalue weighted by Crippen LogP contribution is 2.30. The summed E-state index contributed by atoms with van der Waals surface area (Å²) in [6, 6.07) is 7.31. The van der Waals surface area contributed by atoms with E-state index in [4.69, 9.17) is 0 Å². The first-order chi connectivity index (χ1) is 10.6. The average molecular weight is 301 g/mol. The van der Waals surface area contributed by atoms with Gasteiger partial charge in [0.15, 0.2) is 0 Å². The zero-order chi connectivity index (χ0) is 15.5. The quantitative estimate of drug-likeness (QED) is 0.793. The van der Waals surface area contributed by atoms with Gasteiger partial charge in [-0.3, -0.25) is 9.59 Å². The average Bonchev–Trinajstić information content (AvgIpc) is 3.34. The Morgan fingerprint density at radius 1 is 1.23 bits per heavy atom. The largest absolute Gasteiger partial charge is 0.348 e. The summed E-state index contributed by atoms with van der Waals surface area (Å²) in [5.74, 6) is 0.611. The monoisotopic (exact) mass is 301 g/mol.